The first-order chi connectivity index (χ1) is 18.7. The Morgan fingerprint density at radius 1 is 0.974 bits per heavy atom. The van der Waals surface area contributed by atoms with Crippen molar-refractivity contribution in [3.8, 4) is 23.0 Å². The van der Waals surface area contributed by atoms with Crippen molar-refractivity contribution in [2.24, 2.45) is 11.3 Å². The zero-order valence-corrected chi connectivity index (χ0v) is 25.1. The van der Waals surface area contributed by atoms with Crippen molar-refractivity contribution in [2.75, 3.05) is 48.6 Å². The van der Waals surface area contributed by atoms with Crippen LogP contribution in [0.4, 0.5) is 0 Å². The van der Waals surface area contributed by atoms with Gasteiger partial charge in [0, 0.05) is 12.6 Å². The highest BCUT2D eigenvalue weighted by molar-refractivity contribution is 5.77. The molecule has 2 aromatic rings. The fourth-order valence-electron chi connectivity index (χ4n) is 5.69. The molecule has 0 bridgehead atoms. The first-order valence-corrected chi connectivity index (χ1v) is 14.1. The smallest absolute Gasteiger partial charge is 0.312 e. The molecule has 0 heterocycles. The number of methoxy groups -OCH3 is 4. The average Bonchev–Trinajstić information content (AvgIpc) is 2.95. The molecular weight excluding hydrogens is 494 g/mol. The standard InChI is InChI=1S/C32H47NO6/c1-9-32(22(2)3,31(34)39-27-12-10-11-23-13-14-25(35-5)20-26(23)27)16-18-33(4)17-15-24-19-29(37-7)30(38-8)21-28(24)36-6/h13-14,19-22,27H,9-12,15-18H2,1-8H3/t27-,32-/m0/s1. The molecule has 2 aromatic carbocycles. The molecule has 3 rings (SSSR count). The molecule has 0 N–H and O–H groups in total. The summed E-state index contributed by atoms with van der Waals surface area (Å²) in [5.74, 6) is 2.98. The summed E-state index contributed by atoms with van der Waals surface area (Å²) in [5.41, 5.74) is 2.84. The number of hydrogen-bond acceptors (Lipinski definition) is 7. The first-order valence-electron chi connectivity index (χ1n) is 14.1. The van der Waals surface area contributed by atoms with Gasteiger partial charge in [-0.15, -0.1) is 0 Å². The van der Waals surface area contributed by atoms with Crippen molar-refractivity contribution >= 4 is 5.97 Å². The lowest BCUT2D eigenvalue weighted by Crippen LogP contribution is -2.41. The number of benzene rings is 2. The van der Waals surface area contributed by atoms with E-state index in [1.165, 1.54) is 5.56 Å². The van der Waals surface area contributed by atoms with Gasteiger partial charge >= 0.3 is 5.97 Å². The average molecular weight is 542 g/mol. The largest absolute Gasteiger partial charge is 0.497 e. The van der Waals surface area contributed by atoms with E-state index in [0.29, 0.717) is 11.5 Å². The third-order valence-corrected chi connectivity index (χ3v) is 8.49. The van der Waals surface area contributed by atoms with Crippen molar-refractivity contribution in [2.45, 2.75) is 65.4 Å². The maximum absolute atomic E-state index is 13.9. The Labute approximate surface area is 234 Å². The Morgan fingerprint density at radius 3 is 2.28 bits per heavy atom. The highest BCUT2D eigenvalue weighted by Gasteiger charge is 2.42. The first kappa shape index (κ1) is 30.6. The third kappa shape index (κ3) is 6.99. The van der Waals surface area contributed by atoms with Crippen LogP contribution in [0.1, 0.15) is 69.2 Å². The number of carbonyl (C=O) groups is 1. The van der Waals surface area contributed by atoms with Crippen LogP contribution in [0.25, 0.3) is 0 Å². The minimum atomic E-state index is -0.550. The molecule has 0 radical (unpaired) electrons. The van der Waals surface area contributed by atoms with E-state index < -0.39 is 5.41 Å². The van der Waals surface area contributed by atoms with Gasteiger partial charge in [0.2, 0.25) is 0 Å². The van der Waals surface area contributed by atoms with Gasteiger partial charge in [-0.3, -0.25) is 4.79 Å². The summed E-state index contributed by atoms with van der Waals surface area (Å²) >= 11 is 0. The third-order valence-electron chi connectivity index (χ3n) is 8.49. The number of aryl methyl sites for hydroxylation is 1. The molecule has 0 aromatic heterocycles. The molecule has 7 heteroatoms. The monoisotopic (exact) mass is 541 g/mol. The molecule has 0 amide bonds. The van der Waals surface area contributed by atoms with E-state index in [9.17, 15) is 4.79 Å². The van der Waals surface area contributed by atoms with Crippen molar-refractivity contribution < 1.29 is 28.5 Å². The van der Waals surface area contributed by atoms with Gasteiger partial charge in [-0.25, -0.2) is 0 Å². The maximum atomic E-state index is 13.9. The second-order valence-corrected chi connectivity index (χ2v) is 10.8. The van der Waals surface area contributed by atoms with E-state index >= 15 is 0 Å². The molecule has 0 saturated carbocycles. The molecule has 0 spiro atoms. The topological polar surface area (TPSA) is 66.5 Å². The van der Waals surface area contributed by atoms with Crippen molar-refractivity contribution in [1.29, 1.82) is 0 Å². The molecular formula is C32H47NO6. The summed E-state index contributed by atoms with van der Waals surface area (Å²) in [6, 6.07) is 9.97. The lowest BCUT2D eigenvalue weighted by atomic mass is 9.72. The Bertz CT molecular complexity index is 1100. The van der Waals surface area contributed by atoms with Gasteiger partial charge in [-0.05, 0) is 92.9 Å². The zero-order chi connectivity index (χ0) is 28.6. The quantitative estimate of drug-likeness (QED) is 0.262. The van der Waals surface area contributed by atoms with Crippen LogP contribution in [-0.4, -0.2) is 59.4 Å². The minimum absolute atomic E-state index is 0.0874. The number of likely N-dealkylation sites (N-methyl/N-ethyl adjacent to an activating group) is 1. The highest BCUT2D eigenvalue weighted by Crippen LogP contribution is 2.42. The summed E-state index contributed by atoms with van der Waals surface area (Å²) in [5, 5.41) is 0. The van der Waals surface area contributed by atoms with E-state index in [1.807, 2.05) is 24.3 Å². The summed E-state index contributed by atoms with van der Waals surface area (Å²) < 4.78 is 28.3. The number of fused-ring (bicyclic) bond motifs is 1. The molecule has 0 unspecified atom stereocenters. The second-order valence-electron chi connectivity index (χ2n) is 10.8. The lowest BCUT2D eigenvalue weighted by molar-refractivity contribution is -0.167. The molecule has 2 atom stereocenters. The van der Waals surface area contributed by atoms with Gasteiger partial charge in [0.1, 0.15) is 17.6 Å². The van der Waals surface area contributed by atoms with Gasteiger partial charge in [-0.2, -0.15) is 0 Å². The highest BCUT2D eigenvalue weighted by atomic mass is 16.5. The lowest BCUT2D eigenvalue weighted by Gasteiger charge is -2.38. The predicted octanol–water partition coefficient (Wildman–Crippen LogP) is 6.26. The van der Waals surface area contributed by atoms with E-state index in [-0.39, 0.29) is 18.0 Å². The van der Waals surface area contributed by atoms with Crippen LogP contribution in [0, 0.1) is 11.3 Å². The predicted molar refractivity (Wildman–Crippen MR) is 154 cm³/mol. The van der Waals surface area contributed by atoms with Crippen LogP contribution < -0.4 is 18.9 Å². The number of ether oxygens (including phenoxy) is 5. The van der Waals surface area contributed by atoms with Crippen LogP contribution in [0.3, 0.4) is 0 Å². The molecule has 1 aliphatic carbocycles. The SMILES string of the molecule is CC[C@@](CCN(C)CCc1cc(OC)c(OC)cc1OC)(C(=O)O[C@H]1CCCc2ccc(OC)cc21)C(C)C. The second kappa shape index (κ2) is 13.9. The van der Waals surface area contributed by atoms with Crippen LogP contribution in [0.2, 0.25) is 0 Å². The number of carbonyl (C=O) groups excluding carboxylic acids is 1. The minimum Gasteiger partial charge on any atom is -0.497 e. The Morgan fingerprint density at radius 2 is 1.67 bits per heavy atom. The maximum Gasteiger partial charge on any atom is 0.312 e. The Balaban J connectivity index is 1.69. The summed E-state index contributed by atoms with van der Waals surface area (Å²) in [4.78, 5) is 16.1. The van der Waals surface area contributed by atoms with Gasteiger partial charge in [-0.1, -0.05) is 26.8 Å². The molecule has 216 valence electrons. The number of esters is 1. The van der Waals surface area contributed by atoms with E-state index in [4.69, 9.17) is 23.7 Å². The molecule has 0 fully saturated rings. The molecule has 1 aliphatic rings. The van der Waals surface area contributed by atoms with Gasteiger partial charge in [0.15, 0.2) is 11.5 Å². The van der Waals surface area contributed by atoms with Gasteiger partial charge in [0.05, 0.1) is 33.9 Å². The number of rotatable bonds is 14. The molecule has 0 saturated heterocycles. The fraction of sp³-hybridized carbons (Fsp3) is 0.594. The summed E-state index contributed by atoms with van der Waals surface area (Å²) in [6.07, 6.45) is 4.89. The van der Waals surface area contributed by atoms with Gasteiger partial charge in [0.25, 0.3) is 0 Å². The van der Waals surface area contributed by atoms with Crippen molar-refractivity contribution in [3.05, 3.63) is 47.0 Å². The van der Waals surface area contributed by atoms with Crippen LogP contribution in [0.5, 0.6) is 23.0 Å². The van der Waals surface area contributed by atoms with Gasteiger partial charge < -0.3 is 28.6 Å². The molecule has 7 nitrogen and oxygen atoms in total. The van der Waals surface area contributed by atoms with Crippen LogP contribution >= 0.6 is 0 Å². The molecule has 39 heavy (non-hydrogen) atoms. The Hall–Kier alpha value is -2.93. The fourth-order valence-corrected chi connectivity index (χ4v) is 5.69. The summed E-state index contributed by atoms with van der Waals surface area (Å²) in [6.45, 7) is 7.97. The van der Waals surface area contributed by atoms with Crippen molar-refractivity contribution in [1.82, 2.24) is 4.90 Å². The number of nitrogens with zero attached hydrogens (tertiary/aromatic N) is 1. The number of hydrogen-bond donors (Lipinski definition) is 0. The van der Waals surface area contributed by atoms with E-state index in [1.54, 1.807) is 28.4 Å². The van der Waals surface area contributed by atoms with Crippen LogP contribution in [0.15, 0.2) is 30.3 Å². The molecule has 0 aliphatic heterocycles. The summed E-state index contributed by atoms with van der Waals surface area (Å²) in [7, 11) is 8.69. The van der Waals surface area contributed by atoms with E-state index in [2.05, 4.69) is 38.8 Å². The van der Waals surface area contributed by atoms with Crippen molar-refractivity contribution in [3.63, 3.8) is 0 Å². The zero-order valence-electron chi connectivity index (χ0n) is 25.1. The Kier molecular flexibility index (Phi) is 10.9. The van der Waals surface area contributed by atoms with E-state index in [0.717, 1.165) is 74.2 Å². The normalized spacial score (nSPS) is 16.4. The van der Waals surface area contributed by atoms with Crippen LogP contribution in [-0.2, 0) is 22.4 Å².